The van der Waals surface area contributed by atoms with Crippen LogP contribution >= 0.6 is 11.6 Å². The van der Waals surface area contributed by atoms with E-state index in [0.29, 0.717) is 6.54 Å². The molecule has 21 heavy (non-hydrogen) atoms. The number of nitro groups is 1. The van der Waals surface area contributed by atoms with E-state index in [4.69, 9.17) is 16.0 Å². The summed E-state index contributed by atoms with van der Waals surface area (Å²) in [5.41, 5.74) is 0.914. The van der Waals surface area contributed by atoms with Crippen LogP contribution < -0.4 is 5.32 Å². The second-order valence-electron chi connectivity index (χ2n) is 4.54. The first-order valence-electron chi connectivity index (χ1n) is 6.16. The first-order valence-corrected chi connectivity index (χ1v) is 6.54. The highest BCUT2D eigenvalue weighted by Crippen LogP contribution is 2.22. The Labute approximate surface area is 125 Å². The summed E-state index contributed by atoms with van der Waals surface area (Å²) in [5, 5.41) is 13.4. The number of nitrogens with one attached hydrogen (secondary N) is 1. The lowest BCUT2D eigenvalue weighted by Crippen LogP contribution is -2.23. The largest absolute Gasteiger partial charge is 0.466 e. The number of hydrogen-bond acceptors (Lipinski definition) is 4. The van der Waals surface area contributed by atoms with Gasteiger partial charge < -0.3 is 9.73 Å². The smallest absolute Gasteiger partial charge is 0.270 e. The van der Waals surface area contributed by atoms with Crippen LogP contribution in [0.4, 0.5) is 5.69 Å². The molecule has 0 bridgehead atoms. The fraction of sp³-hybridized carbons (Fsp3) is 0.214. The van der Waals surface area contributed by atoms with E-state index in [-0.39, 0.29) is 16.3 Å². The van der Waals surface area contributed by atoms with Crippen molar-refractivity contribution in [3.8, 4) is 0 Å². The third-order valence-electron chi connectivity index (χ3n) is 2.99. The van der Waals surface area contributed by atoms with E-state index in [0.717, 1.165) is 23.2 Å². The zero-order chi connectivity index (χ0) is 15.6. The Morgan fingerprint density at radius 3 is 2.62 bits per heavy atom. The van der Waals surface area contributed by atoms with Crippen LogP contribution in [0.1, 0.15) is 27.4 Å². The average molecular weight is 309 g/mol. The molecule has 0 atom stereocenters. The van der Waals surface area contributed by atoms with E-state index in [1.807, 2.05) is 19.9 Å². The lowest BCUT2D eigenvalue weighted by Gasteiger charge is -2.06. The number of aryl methyl sites for hydroxylation is 2. The van der Waals surface area contributed by atoms with E-state index in [1.165, 1.54) is 12.1 Å². The maximum Gasteiger partial charge on any atom is 0.270 e. The standard InChI is InChI=1S/C14H13ClN2O4/c1-8-5-10(9(2)21-8)7-16-14(18)12-4-3-11(17(19)20)6-13(12)15/h3-6H,7H2,1-2H3,(H,16,18). The molecule has 0 saturated heterocycles. The topological polar surface area (TPSA) is 85.4 Å². The van der Waals surface area contributed by atoms with Gasteiger partial charge in [-0.3, -0.25) is 14.9 Å². The van der Waals surface area contributed by atoms with E-state index >= 15 is 0 Å². The second-order valence-corrected chi connectivity index (χ2v) is 4.95. The van der Waals surface area contributed by atoms with Crippen LogP contribution in [0, 0.1) is 24.0 Å². The van der Waals surface area contributed by atoms with Crippen LogP contribution in [0.3, 0.4) is 0 Å². The van der Waals surface area contributed by atoms with Gasteiger partial charge in [0.15, 0.2) is 0 Å². The third-order valence-corrected chi connectivity index (χ3v) is 3.30. The van der Waals surface area contributed by atoms with Crippen molar-refractivity contribution in [3.63, 3.8) is 0 Å². The summed E-state index contributed by atoms with van der Waals surface area (Å²) < 4.78 is 5.37. The van der Waals surface area contributed by atoms with Gasteiger partial charge in [-0.25, -0.2) is 0 Å². The predicted octanol–water partition coefficient (Wildman–Crippen LogP) is 3.39. The van der Waals surface area contributed by atoms with Crippen molar-refractivity contribution < 1.29 is 14.1 Å². The van der Waals surface area contributed by atoms with Gasteiger partial charge in [0.05, 0.1) is 15.5 Å². The molecule has 1 amide bonds. The normalized spacial score (nSPS) is 10.4. The van der Waals surface area contributed by atoms with Gasteiger partial charge in [0, 0.05) is 24.2 Å². The molecular formula is C14H13ClN2O4. The lowest BCUT2D eigenvalue weighted by molar-refractivity contribution is -0.384. The molecule has 0 saturated carbocycles. The zero-order valence-electron chi connectivity index (χ0n) is 11.5. The van der Waals surface area contributed by atoms with Gasteiger partial charge >= 0.3 is 0 Å². The average Bonchev–Trinajstić information content (AvgIpc) is 2.74. The van der Waals surface area contributed by atoms with Crippen molar-refractivity contribution in [1.82, 2.24) is 5.32 Å². The fourth-order valence-corrected chi connectivity index (χ4v) is 2.19. The molecular weight excluding hydrogens is 296 g/mol. The molecule has 6 nitrogen and oxygen atoms in total. The summed E-state index contributed by atoms with van der Waals surface area (Å²) in [4.78, 5) is 22.1. The Kier molecular flexibility index (Phi) is 4.28. The van der Waals surface area contributed by atoms with E-state index in [9.17, 15) is 14.9 Å². The van der Waals surface area contributed by atoms with Crippen LogP contribution in [0.2, 0.25) is 5.02 Å². The molecule has 0 unspecified atom stereocenters. The van der Waals surface area contributed by atoms with Crippen LogP contribution in [0.15, 0.2) is 28.7 Å². The Balaban J connectivity index is 2.10. The SMILES string of the molecule is Cc1cc(CNC(=O)c2ccc([N+](=O)[O-])cc2Cl)c(C)o1. The van der Waals surface area contributed by atoms with Gasteiger partial charge in [0.25, 0.3) is 11.6 Å². The number of benzene rings is 1. The summed E-state index contributed by atoms with van der Waals surface area (Å²) >= 11 is 5.90. The summed E-state index contributed by atoms with van der Waals surface area (Å²) in [6.07, 6.45) is 0. The van der Waals surface area contributed by atoms with Crippen LogP contribution in [-0.4, -0.2) is 10.8 Å². The molecule has 110 valence electrons. The summed E-state index contributed by atoms with van der Waals surface area (Å²) in [6.45, 7) is 3.94. The second kappa shape index (κ2) is 5.97. The molecule has 0 aliphatic rings. The zero-order valence-corrected chi connectivity index (χ0v) is 12.2. The Morgan fingerprint density at radius 2 is 2.10 bits per heavy atom. The summed E-state index contributed by atoms with van der Waals surface area (Å²) in [7, 11) is 0. The molecule has 0 spiro atoms. The minimum atomic E-state index is -0.564. The van der Waals surface area contributed by atoms with Gasteiger partial charge in [-0.2, -0.15) is 0 Å². The molecule has 1 N–H and O–H groups in total. The number of carbonyl (C=O) groups excluding carboxylic acids is 1. The molecule has 1 aromatic heterocycles. The molecule has 0 radical (unpaired) electrons. The van der Waals surface area contributed by atoms with Crippen LogP contribution in [0.25, 0.3) is 0 Å². The first-order chi connectivity index (χ1) is 9.88. The highest BCUT2D eigenvalue weighted by Gasteiger charge is 2.15. The highest BCUT2D eigenvalue weighted by molar-refractivity contribution is 6.34. The molecule has 2 rings (SSSR count). The number of nitro benzene ring substituents is 1. The van der Waals surface area contributed by atoms with Gasteiger partial charge in [-0.15, -0.1) is 0 Å². The molecule has 1 aromatic carbocycles. The van der Waals surface area contributed by atoms with Gasteiger partial charge in [-0.1, -0.05) is 11.6 Å². The van der Waals surface area contributed by atoms with Crippen molar-refractivity contribution in [1.29, 1.82) is 0 Å². The number of halogens is 1. The van der Waals surface area contributed by atoms with Gasteiger partial charge in [0.1, 0.15) is 11.5 Å². The Bertz CT molecular complexity index is 709. The van der Waals surface area contributed by atoms with Gasteiger partial charge in [-0.05, 0) is 26.0 Å². The summed E-state index contributed by atoms with van der Waals surface area (Å²) in [5.74, 6) is 1.11. The summed E-state index contributed by atoms with van der Waals surface area (Å²) in [6, 6.07) is 5.58. The van der Waals surface area contributed by atoms with E-state index < -0.39 is 10.8 Å². The highest BCUT2D eigenvalue weighted by atomic mass is 35.5. The van der Waals surface area contributed by atoms with E-state index in [2.05, 4.69) is 5.32 Å². The number of hydrogen-bond donors (Lipinski definition) is 1. The van der Waals surface area contributed by atoms with Crippen molar-refractivity contribution in [2.45, 2.75) is 20.4 Å². The Morgan fingerprint density at radius 1 is 1.38 bits per heavy atom. The van der Waals surface area contributed by atoms with Gasteiger partial charge in [0.2, 0.25) is 0 Å². The number of carbonyl (C=O) groups is 1. The Hall–Kier alpha value is -2.34. The first kappa shape index (κ1) is 15.1. The molecule has 0 fully saturated rings. The number of non-ortho nitro benzene ring substituents is 1. The quantitative estimate of drug-likeness (QED) is 0.693. The van der Waals surface area contributed by atoms with Crippen LogP contribution in [-0.2, 0) is 6.54 Å². The third kappa shape index (κ3) is 3.41. The number of furan rings is 1. The van der Waals surface area contributed by atoms with Crippen molar-refractivity contribution in [2.75, 3.05) is 0 Å². The monoisotopic (exact) mass is 308 g/mol. The maximum atomic E-state index is 12.0. The molecule has 0 aliphatic carbocycles. The molecule has 7 heteroatoms. The predicted molar refractivity (Wildman–Crippen MR) is 77.5 cm³/mol. The molecule has 1 heterocycles. The molecule has 0 aliphatic heterocycles. The molecule has 2 aromatic rings. The fourth-order valence-electron chi connectivity index (χ4n) is 1.93. The van der Waals surface area contributed by atoms with Crippen molar-refractivity contribution in [2.24, 2.45) is 0 Å². The van der Waals surface area contributed by atoms with Crippen molar-refractivity contribution >= 4 is 23.2 Å². The van der Waals surface area contributed by atoms with Crippen molar-refractivity contribution in [3.05, 3.63) is 62.0 Å². The minimum absolute atomic E-state index is 0.0433. The minimum Gasteiger partial charge on any atom is -0.466 e. The number of rotatable bonds is 4. The number of nitrogens with zero attached hydrogens (tertiary/aromatic N) is 1. The lowest BCUT2D eigenvalue weighted by atomic mass is 10.2. The van der Waals surface area contributed by atoms with E-state index in [1.54, 1.807) is 0 Å². The number of amides is 1. The maximum absolute atomic E-state index is 12.0. The van der Waals surface area contributed by atoms with Crippen LogP contribution in [0.5, 0.6) is 0 Å².